The van der Waals surface area contributed by atoms with Crippen LogP contribution in [-0.2, 0) is 4.74 Å². The number of alkyl halides is 1. The highest BCUT2D eigenvalue weighted by molar-refractivity contribution is 9.09. The molecule has 2 aromatic rings. The molecule has 0 radical (unpaired) electrons. The Balaban J connectivity index is 2.36. The molecule has 0 fully saturated rings. The summed E-state index contributed by atoms with van der Waals surface area (Å²) in [6, 6.07) is 7.64. The zero-order valence-corrected chi connectivity index (χ0v) is 13.3. The molecule has 4 heteroatoms. The Hall–Kier alpha value is -1.73. The van der Waals surface area contributed by atoms with Gasteiger partial charge in [-0.1, -0.05) is 27.8 Å². The summed E-state index contributed by atoms with van der Waals surface area (Å²) in [7, 11) is 0. The summed E-state index contributed by atoms with van der Waals surface area (Å²) in [4.78, 5) is 12.1. The third kappa shape index (κ3) is 3.43. The van der Waals surface area contributed by atoms with Crippen molar-refractivity contribution in [3.63, 3.8) is 0 Å². The standard InChI is InChI=1S/C16H16BrNO2/c1-16(2,3)20-15(19)18-10-8-13-11-12(5-4-9-17)6-7-14(13)18/h6-8,10-11H,9H2,1-3H3. The lowest BCUT2D eigenvalue weighted by Crippen LogP contribution is -2.26. The summed E-state index contributed by atoms with van der Waals surface area (Å²) >= 11 is 3.27. The van der Waals surface area contributed by atoms with Gasteiger partial charge in [0.25, 0.3) is 0 Å². The number of carbonyl (C=O) groups excluding carboxylic acids is 1. The van der Waals surface area contributed by atoms with Crippen molar-refractivity contribution < 1.29 is 9.53 Å². The van der Waals surface area contributed by atoms with Crippen molar-refractivity contribution in [2.45, 2.75) is 26.4 Å². The van der Waals surface area contributed by atoms with Crippen LogP contribution in [0.1, 0.15) is 26.3 Å². The Morgan fingerprint density at radius 1 is 1.35 bits per heavy atom. The number of hydrogen-bond acceptors (Lipinski definition) is 2. The van der Waals surface area contributed by atoms with Gasteiger partial charge in [-0.25, -0.2) is 4.79 Å². The molecule has 0 spiro atoms. The Labute approximate surface area is 127 Å². The number of ether oxygens (including phenoxy) is 1. The molecular weight excluding hydrogens is 318 g/mol. The van der Waals surface area contributed by atoms with Crippen LogP contribution in [0.25, 0.3) is 10.9 Å². The van der Waals surface area contributed by atoms with E-state index in [1.54, 1.807) is 6.20 Å². The van der Waals surface area contributed by atoms with E-state index < -0.39 is 5.60 Å². The second-order valence-corrected chi connectivity index (χ2v) is 5.94. The van der Waals surface area contributed by atoms with Crippen molar-refractivity contribution >= 4 is 32.9 Å². The molecule has 0 aliphatic carbocycles. The van der Waals surface area contributed by atoms with Gasteiger partial charge in [0, 0.05) is 17.1 Å². The van der Waals surface area contributed by atoms with E-state index in [9.17, 15) is 4.79 Å². The fraction of sp³-hybridized carbons (Fsp3) is 0.312. The molecule has 0 N–H and O–H groups in total. The number of aromatic nitrogens is 1. The number of halogens is 1. The molecule has 3 nitrogen and oxygen atoms in total. The average Bonchev–Trinajstić information content (AvgIpc) is 2.77. The number of fused-ring (bicyclic) bond motifs is 1. The van der Waals surface area contributed by atoms with E-state index in [4.69, 9.17) is 4.74 Å². The SMILES string of the molecule is CC(C)(C)OC(=O)n1ccc2cc(C#CCBr)ccc21. The molecule has 1 aromatic carbocycles. The van der Waals surface area contributed by atoms with Gasteiger partial charge in [0.05, 0.1) is 10.8 Å². The lowest BCUT2D eigenvalue weighted by molar-refractivity contribution is 0.0544. The summed E-state index contributed by atoms with van der Waals surface area (Å²) < 4.78 is 6.89. The van der Waals surface area contributed by atoms with Crippen molar-refractivity contribution in [2.75, 3.05) is 5.33 Å². The quantitative estimate of drug-likeness (QED) is 0.535. The fourth-order valence-electron chi connectivity index (χ4n) is 1.83. The number of benzene rings is 1. The molecule has 0 bridgehead atoms. The molecule has 1 heterocycles. The summed E-state index contributed by atoms with van der Waals surface area (Å²) in [6.07, 6.45) is 1.35. The minimum Gasteiger partial charge on any atom is -0.443 e. The van der Waals surface area contributed by atoms with Crippen molar-refractivity contribution in [2.24, 2.45) is 0 Å². The van der Waals surface area contributed by atoms with E-state index in [2.05, 4.69) is 27.8 Å². The van der Waals surface area contributed by atoms with E-state index in [0.717, 1.165) is 16.5 Å². The second-order valence-electron chi connectivity index (χ2n) is 5.38. The molecule has 104 valence electrons. The van der Waals surface area contributed by atoms with Gasteiger partial charge in [0.15, 0.2) is 0 Å². The number of hydrogen-bond donors (Lipinski definition) is 0. The highest BCUT2D eigenvalue weighted by Gasteiger charge is 2.18. The van der Waals surface area contributed by atoms with Crippen molar-refractivity contribution in [3.05, 3.63) is 36.0 Å². The predicted octanol–water partition coefficient (Wildman–Crippen LogP) is 4.17. The van der Waals surface area contributed by atoms with Gasteiger partial charge in [-0.2, -0.15) is 0 Å². The molecular formula is C16H16BrNO2. The minimum atomic E-state index is -0.505. The maximum Gasteiger partial charge on any atom is 0.418 e. The zero-order valence-electron chi connectivity index (χ0n) is 11.7. The molecule has 0 aliphatic rings. The largest absolute Gasteiger partial charge is 0.443 e. The normalized spacial score (nSPS) is 11.0. The van der Waals surface area contributed by atoms with E-state index in [1.165, 1.54) is 4.57 Å². The van der Waals surface area contributed by atoms with Crippen LogP contribution in [0, 0.1) is 11.8 Å². The van der Waals surface area contributed by atoms with Gasteiger partial charge in [-0.3, -0.25) is 4.57 Å². The maximum absolute atomic E-state index is 12.1. The second kappa shape index (κ2) is 5.72. The summed E-state index contributed by atoms with van der Waals surface area (Å²) in [5.74, 6) is 6.00. The molecule has 20 heavy (non-hydrogen) atoms. The van der Waals surface area contributed by atoms with Gasteiger partial charge in [0.2, 0.25) is 0 Å². The van der Waals surface area contributed by atoms with Crippen LogP contribution in [-0.4, -0.2) is 21.6 Å². The van der Waals surface area contributed by atoms with Gasteiger partial charge in [-0.05, 0) is 45.0 Å². The molecule has 0 saturated heterocycles. The topological polar surface area (TPSA) is 31.2 Å². The smallest absolute Gasteiger partial charge is 0.418 e. The van der Waals surface area contributed by atoms with Gasteiger partial charge >= 0.3 is 6.09 Å². The van der Waals surface area contributed by atoms with E-state index >= 15 is 0 Å². The fourth-order valence-corrected chi connectivity index (χ4v) is 1.97. The van der Waals surface area contributed by atoms with E-state index in [0.29, 0.717) is 5.33 Å². The Morgan fingerprint density at radius 2 is 2.10 bits per heavy atom. The van der Waals surface area contributed by atoms with Crippen LogP contribution in [0.15, 0.2) is 30.5 Å². The average molecular weight is 334 g/mol. The molecule has 0 aliphatic heterocycles. The van der Waals surface area contributed by atoms with Crippen molar-refractivity contribution in [1.29, 1.82) is 0 Å². The van der Waals surface area contributed by atoms with Crippen LogP contribution in [0.2, 0.25) is 0 Å². The third-order valence-electron chi connectivity index (χ3n) is 2.58. The first-order valence-electron chi connectivity index (χ1n) is 6.30. The summed E-state index contributed by atoms with van der Waals surface area (Å²) in [5, 5.41) is 1.61. The first-order chi connectivity index (χ1) is 9.40. The van der Waals surface area contributed by atoms with Crippen LogP contribution >= 0.6 is 15.9 Å². The first kappa shape index (κ1) is 14.7. The van der Waals surface area contributed by atoms with Gasteiger partial charge < -0.3 is 4.74 Å². The Morgan fingerprint density at radius 3 is 2.75 bits per heavy atom. The van der Waals surface area contributed by atoms with Crippen molar-refractivity contribution in [3.8, 4) is 11.8 Å². The highest BCUT2D eigenvalue weighted by Crippen LogP contribution is 2.19. The van der Waals surface area contributed by atoms with Gasteiger partial charge in [-0.15, -0.1) is 0 Å². The molecule has 0 atom stereocenters. The summed E-state index contributed by atoms with van der Waals surface area (Å²) in [6.45, 7) is 5.56. The number of nitrogens with zero attached hydrogens (tertiary/aromatic N) is 1. The molecule has 1 aromatic heterocycles. The predicted molar refractivity (Wildman–Crippen MR) is 84.2 cm³/mol. The Kier molecular flexibility index (Phi) is 4.20. The lowest BCUT2D eigenvalue weighted by Gasteiger charge is -2.19. The monoisotopic (exact) mass is 333 g/mol. The van der Waals surface area contributed by atoms with Crippen LogP contribution < -0.4 is 0 Å². The minimum absolute atomic E-state index is 0.369. The van der Waals surface area contributed by atoms with Crippen LogP contribution in [0.3, 0.4) is 0 Å². The maximum atomic E-state index is 12.1. The molecule has 0 unspecified atom stereocenters. The number of rotatable bonds is 0. The zero-order chi connectivity index (χ0) is 14.8. The Bertz CT molecular complexity index is 699. The van der Waals surface area contributed by atoms with E-state index in [1.807, 2.05) is 45.0 Å². The molecule has 2 rings (SSSR count). The van der Waals surface area contributed by atoms with Crippen LogP contribution in [0.5, 0.6) is 0 Å². The summed E-state index contributed by atoms with van der Waals surface area (Å²) in [5.41, 5.74) is 1.25. The molecule has 0 saturated carbocycles. The number of carbonyl (C=O) groups is 1. The van der Waals surface area contributed by atoms with Crippen molar-refractivity contribution in [1.82, 2.24) is 4.57 Å². The lowest BCUT2D eigenvalue weighted by atomic mass is 10.1. The third-order valence-corrected chi connectivity index (χ3v) is 2.86. The first-order valence-corrected chi connectivity index (χ1v) is 7.42. The molecule has 0 amide bonds. The van der Waals surface area contributed by atoms with Gasteiger partial charge in [0.1, 0.15) is 5.60 Å². The van der Waals surface area contributed by atoms with E-state index in [-0.39, 0.29) is 6.09 Å². The van der Waals surface area contributed by atoms with Crippen LogP contribution in [0.4, 0.5) is 4.79 Å². The highest BCUT2D eigenvalue weighted by atomic mass is 79.9.